The monoisotopic (exact) mass is 610 g/mol. The van der Waals surface area contributed by atoms with Crippen LogP contribution in [0.3, 0.4) is 0 Å². The van der Waals surface area contributed by atoms with Crippen molar-refractivity contribution in [1.82, 2.24) is 14.1 Å². The largest absolute Gasteiger partial charge is 0.497 e. The van der Waals surface area contributed by atoms with Gasteiger partial charge in [0.2, 0.25) is 15.9 Å². The molecule has 12 heteroatoms. The average Bonchev–Trinajstić information content (AvgIpc) is 3.37. The topological polar surface area (TPSA) is 126 Å². The minimum absolute atomic E-state index is 0.0517. The van der Waals surface area contributed by atoms with E-state index >= 15 is 0 Å². The second kappa shape index (κ2) is 13.1. The van der Waals surface area contributed by atoms with Gasteiger partial charge < -0.3 is 19.9 Å². The van der Waals surface area contributed by atoms with Crippen LogP contribution in [0.2, 0.25) is 25.7 Å². The first-order valence-corrected chi connectivity index (χ1v) is 18.7. The SMILES string of the molecule is COc1ccc(CN(Cc2ccc(OC)cc2)S(=O)(=O)c2cc(C(N)=O)cc3nn(COCC[Si](C)(C)C)cc23)cc1. The van der Waals surface area contributed by atoms with Crippen molar-refractivity contribution in [3.05, 3.63) is 83.6 Å². The number of nitrogens with two attached hydrogens (primary N) is 1. The van der Waals surface area contributed by atoms with Crippen molar-refractivity contribution in [3.8, 4) is 11.5 Å². The lowest BCUT2D eigenvalue weighted by atomic mass is 10.1. The van der Waals surface area contributed by atoms with Gasteiger partial charge in [0.1, 0.15) is 18.2 Å². The van der Waals surface area contributed by atoms with E-state index in [0.717, 1.165) is 17.2 Å². The quantitative estimate of drug-likeness (QED) is 0.160. The van der Waals surface area contributed by atoms with Gasteiger partial charge in [-0.1, -0.05) is 43.9 Å². The van der Waals surface area contributed by atoms with E-state index in [4.69, 9.17) is 19.9 Å². The lowest BCUT2D eigenvalue weighted by Gasteiger charge is -2.23. The first kappa shape index (κ1) is 31.2. The summed E-state index contributed by atoms with van der Waals surface area (Å²) >= 11 is 0. The Kier molecular flexibility index (Phi) is 9.72. The molecule has 42 heavy (non-hydrogen) atoms. The van der Waals surface area contributed by atoms with Gasteiger partial charge >= 0.3 is 0 Å². The third kappa shape index (κ3) is 7.76. The molecule has 0 aliphatic carbocycles. The third-order valence-electron chi connectivity index (χ3n) is 6.79. The van der Waals surface area contributed by atoms with Crippen LogP contribution >= 0.6 is 0 Å². The molecule has 0 saturated carbocycles. The number of hydrogen-bond acceptors (Lipinski definition) is 7. The first-order valence-electron chi connectivity index (χ1n) is 13.5. The maximum absolute atomic E-state index is 14.4. The van der Waals surface area contributed by atoms with Crippen LogP contribution in [0.1, 0.15) is 21.5 Å². The minimum atomic E-state index is -4.17. The molecule has 0 aliphatic rings. The molecule has 4 rings (SSSR count). The summed E-state index contributed by atoms with van der Waals surface area (Å²) in [5.41, 5.74) is 7.54. The highest BCUT2D eigenvalue weighted by molar-refractivity contribution is 7.89. The second-order valence-corrected chi connectivity index (χ2v) is 18.8. The summed E-state index contributed by atoms with van der Waals surface area (Å²) in [5.74, 6) is 0.587. The molecule has 0 aliphatic heterocycles. The van der Waals surface area contributed by atoms with Crippen LogP contribution in [0.4, 0.5) is 0 Å². The highest BCUT2D eigenvalue weighted by Gasteiger charge is 2.29. The molecular weight excluding hydrogens is 573 g/mol. The van der Waals surface area contributed by atoms with Crippen molar-refractivity contribution < 1.29 is 27.4 Å². The Morgan fingerprint density at radius 2 is 1.48 bits per heavy atom. The summed E-state index contributed by atoms with van der Waals surface area (Å²) in [4.78, 5) is 12.2. The third-order valence-corrected chi connectivity index (χ3v) is 10.3. The van der Waals surface area contributed by atoms with Gasteiger partial charge in [0.05, 0.1) is 24.6 Å². The van der Waals surface area contributed by atoms with Crippen LogP contribution in [-0.2, 0) is 34.6 Å². The van der Waals surface area contributed by atoms with Crippen LogP contribution in [0.15, 0.2) is 71.8 Å². The minimum Gasteiger partial charge on any atom is -0.497 e. The van der Waals surface area contributed by atoms with Crippen molar-refractivity contribution in [2.24, 2.45) is 5.73 Å². The zero-order valence-corrected chi connectivity index (χ0v) is 26.5. The molecule has 0 saturated heterocycles. The first-order chi connectivity index (χ1) is 19.9. The highest BCUT2D eigenvalue weighted by Crippen LogP contribution is 2.30. The zero-order chi connectivity index (χ0) is 30.5. The molecule has 0 radical (unpaired) electrons. The number of fused-ring (bicyclic) bond motifs is 1. The van der Waals surface area contributed by atoms with Gasteiger partial charge in [-0.15, -0.1) is 0 Å². The molecule has 0 unspecified atom stereocenters. The average molecular weight is 611 g/mol. The fraction of sp³-hybridized carbons (Fsp3) is 0.333. The molecule has 3 aromatic carbocycles. The number of primary amides is 1. The number of methoxy groups -OCH3 is 2. The lowest BCUT2D eigenvalue weighted by Crippen LogP contribution is -2.30. The van der Waals surface area contributed by atoms with E-state index in [1.807, 2.05) is 24.3 Å². The van der Waals surface area contributed by atoms with Crippen LogP contribution in [0, 0.1) is 0 Å². The Hall–Kier alpha value is -3.71. The number of sulfonamides is 1. The second-order valence-electron chi connectivity index (χ2n) is 11.3. The molecule has 2 N–H and O–H groups in total. The van der Waals surface area contributed by atoms with Gasteiger partial charge in [-0.2, -0.15) is 9.40 Å². The zero-order valence-electron chi connectivity index (χ0n) is 24.7. The van der Waals surface area contributed by atoms with E-state index in [9.17, 15) is 13.2 Å². The molecule has 10 nitrogen and oxygen atoms in total. The Morgan fingerprint density at radius 3 is 1.95 bits per heavy atom. The lowest BCUT2D eigenvalue weighted by molar-refractivity contribution is 0.0791. The fourth-order valence-corrected chi connectivity index (χ4v) is 6.72. The van der Waals surface area contributed by atoms with Crippen LogP contribution in [-0.4, -0.2) is 57.3 Å². The molecule has 0 atom stereocenters. The van der Waals surface area contributed by atoms with Crippen LogP contribution < -0.4 is 15.2 Å². The van der Waals surface area contributed by atoms with Gasteiger partial charge in [0, 0.05) is 44.9 Å². The Labute approximate surface area is 248 Å². The summed E-state index contributed by atoms with van der Waals surface area (Å²) in [5, 5.41) is 4.89. The van der Waals surface area contributed by atoms with Crippen molar-refractivity contribution in [1.29, 1.82) is 0 Å². The number of carbonyl (C=O) groups is 1. The van der Waals surface area contributed by atoms with Gasteiger partial charge in [-0.3, -0.25) is 4.79 Å². The number of aromatic nitrogens is 2. The summed E-state index contributed by atoms with van der Waals surface area (Å²) < 4.78 is 48.1. The van der Waals surface area contributed by atoms with Gasteiger partial charge in [-0.25, -0.2) is 13.1 Å². The molecule has 0 spiro atoms. The Balaban J connectivity index is 1.74. The molecule has 1 amide bonds. The standard InChI is InChI=1S/C30H38N4O6SSi/c1-38-25-10-6-22(7-11-25)18-34(19-23-8-12-26(39-2)13-9-23)41(36,37)29-17-24(30(31)35)16-28-27(29)20-33(32-28)21-40-14-15-42(3,4)5/h6-13,16-17,20H,14-15,18-19,21H2,1-5H3,(H2,31,35). The van der Waals surface area contributed by atoms with E-state index in [2.05, 4.69) is 24.7 Å². The van der Waals surface area contributed by atoms with Crippen molar-refractivity contribution in [3.63, 3.8) is 0 Å². The predicted octanol–water partition coefficient (Wildman–Crippen LogP) is 4.86. The Morgan fingerprint density at radius 1 is 0.929 bits per heavy atom. The van der Waals surface area contributed by atoms with Gasteiger partial charge in [-0.05, 0) is 53.6 Å². The fourth-order valence-electron chi connectivity index (χ4n) is 4.33. The van der Waals surface area contributed by atoms with Crippen LogP contribution in [0.25, 0.3) is 10.9 Å². The molecule has 0 bridgehead atoms. The van der Waals surface area contributed by atoms with E-state index in [0.29, 0.717) is 29.0 Å². The number of rotatable bonds is 14. The molecule has 0 fully saturated rings. The highest BCUT2D eigenvalue weighted by atomic mass is 32.2. The van der Waals surface area contributed by atoms with Crippen molar-refractivity contribution in [2.45, 2.75) is 50.4 Å². The number of ether oxygens (including phenoxy) is 3. The normalized spacial score (nSPS) is 12.1. The Bertz CT molecular complexity index is 1580. The summed E-state index contributed by atoms with van der Waals surface area (Å²) in [6, 6.07) is 18.2. The van der Waals surface area contributed by atoms with E-state index < -0.39 is 24.0 Å². The summed E-state index contributed by atoms with van der Waals surface area (Å²) in [7, 11) is -2.30. The van der Waals surface area contributed by atoms with Gasteiger partial charge in [0.25, 0.3) is 0 Å². The molecular formula is C30H38N4O6SSi. The smallest absolute Gasteiger partial charge is 0.248 e. The number of hydrogen-bond donors (Lipinski definition) is 1. The molecule has 224 valence electrons. The molecule has 1 heterocycles. The van der Waals surface area contributed by atoms with E-state index in [1.165, 1.54) is 16.4 Å². The summed E-state index contributed by atoms with van der Waals surface area (Å²) in [6.45, 7) is 7.70. The maximum Gasteiger partial charge on any atom is 0.248 e. The van der Waals surface area contributed by atoms with Gasteiger partial charge in [0.15, 0.2) is 0 Å². The van der Waals surface area contributed by atoms with E-state index in [1.54, 1.807) is 49.4 Å². The number of benzene rings is 3. The molecule has 1 aromatic heterocycles. The maximum atomic E-state index is 14.4. The van der Waals surface area contributed by atoms with Crippen LogP contribution in [0.5, 0.6) is 11.5 Å². The summed E-state index contributed by atoms with van der Waals surface area (Å²) in [6.07, 6.45) is 1.64. The van der Waals surface area contributed by atoms with E-state index in [-0.39, 0.29) is 30.3 Å². The number of nitrogens with zero attached hydrogens (tertiary/aromatic N) is 3. The van der Waals surface area contributed by atoms with Crippen molar-refractivity contribution >= 4 is 34.9 Å². The predicted molar refractivity (Wildman–Crippen MR) is 165 cm³/mol. The van der Waals surface area contributed by atoms with Crippen molar-refractivity contribution in [2.75, 3.05) is 20.8 Å². The molecule has 4 aromatic rings. The number of carbonyl (C=O) groups excluding carboxylic acids is 1. The number of amides is 1.